The van der Waals surface area contributed by atoms with Gasteiger partial charge in [0.15, 0.2) is 5.75 Å². The van der Waals surface area contributed by atoms with Gasteiger partial charge in [-0.1, -0.05) is 6.07 Å². The molecule has 18 heavy (non-hydrogen) atoms. The van der Waals surface area contributed by atoms with E-state index in [-0.39, 0.29) is 11.4 Å². The van der Waals surface area contributed by atoms with Crippen molar-refractivity contribution in [1.29, 1.82) is 0 Å². The number of nitro groups is 1. The number of aromatic hydroxyl groups is 1. The highest BCUT2D eigenvalue weighted by atomic mass is 16.6. The first-order valence-electron chi connectivity index (χ1n) is 5.27. The summed E-state index contributed by atoms with van der Waals surface area (Å²) < 4.78 is 0. The first-order valence-corrected chi connectivity index (χ1v) is 5.27. The Balaban J connectivity index is 2.11. The molecular formula is C12H11N3O3. The highest BCUT2D eigenvalue weighted by Crippen LogP contribution is 2.28. The summed E-state index contributed by atoms with van der Waals surface area (Å²) >= 11 is 0. The summed E-state index contributed by atoms with van der Waals surface area (Å²) in [5.74, 6) is -0.341. The molecular weight excluding hydrogens is 234 g/mol. The minimum Gasteiger partial charge on any atom is -0.502 e. The minimum atomic E-state index is -0.620. The zero-order valence-electron chi connectivity index (χ0n) is 9.41. The van der Waals surface area contributed by atoms with Gasteiger partial charge in [-0.25, -0.2) is 0 Å². The Hall–Kier alpha value is -2.63. The molecule has 0 bridgehead atoms. The molecule has 0 radical (unpaired) electrons. The monoisotopic (exact) mass is 245 g/mol. The zero-order valence-corrected chi connectivity index (χ0v) is 9.41. The predicted octanol–water partition coefficient (Wildman–Crippen LogP) is 2.31. The van der Waals surface area contributed by atoms with Crippen molar-refractivity contribution in [3.63, 3.8) is 0 Å². The summed E-state index contributed by atoms with van der Waals surface area (Å²) in [6.45, 7) is 0.510. The maximum Gasteiger partial charge on any atom is 0.312 e. The molecule has 1 heterocycles. The lowest BCUT2D eigenvalue weighted by atomic mass is 10.2. The van der Waals surface area contributed by atoms with Gasteiger partial charge < -0.3 is 10.4 Å². The fourth-order valence-electron chi connectivity index (χ4n) is 1.49. The number of aromatic nitrogens is 1. The molecule has 0 atom stereocenters. The number of nitro benzene ring substituents is 1. The third kappa shape index (κ3) is 2.73. The molecule has 0 aliphatic heterocycles. The zero-order chi connectivity index (χ0) is 13.0. The lowest BCUT2D eigenvalue weighted by Gasteiger charge is -2.06. The van der Waals surface area contributed by atoms with Crippen LogP contribution in [0.25, 0.3) is 0 Å². The highest BCUT2D eigenvalue weighted by Gasteiger charge is 2.13. The molecule has 2 N–H and O–H groups in total. The van der Waals surface area contributed by atoms with Gasteiger partial charge in [0.05, 0.1) is 4.92 Å². The van der Waals surface area contributed by atoms with Crippen LogP contribution < -0.4 is 5.32 Å². The number of hydrogen-bond acceptors (Lipinski definition) is 5. The summed E-state index contributed by atoms with van der Waals surface area (Å²) in [5, 5.41) is 23.0. The standard InChI is InChI=1S/C12H11N3O3/c16-12-4-3-10(6-11(12)15(17)18)14-8-9-2-1-5-13-7-9/h1-7,14,16H,8H2. The smallest absolute Gasteiger partial charge is 0.312 e. The third-order valence-corrected chi connectivity index (χ3v) is 2.39. The van der Waals surface area contributed by atoms with Crippen molar-refractivity contribution < 1.29 is 10.0 Å². The number of nitrogens with one attached hydrogen (secondary N) is 1. The van der Waals surface area contributed by atoms with Crippen LogP contribution in [-0.2, 0) is 6.54 Å². The molecule has 0 saturated heterocycles. The molecule has 2 rings (SSSR count). The van der Waals surface area contributed by atoms with Crippen molar-refractivity contribution in [3.05, 3.63) is 58.4 Å². The number of benzene rings is 1. The van der Waals surface area contributed by atoms with Crippen molar-refractivity contribution in [2.24, 2.45) is 0 Å². The molecule has 1 aromatic carbocycles. The van der Waals surface area contributed by atoms with E-state index in [1.54, 1.807) is 18.5 Å². The molecule has 0 spiro atoms. The average molecular weight is 245 g/mol. The Labute approximate surface area is 103 Å². The molecule has 6 heteroatoms. The van der Waals surface area contributed by atoms with Gasteiger partial charge in [-0.05, 0) is 23.8 Å². The quantitative estimate of drug-likeness (QED) is 0.490. The minimum absolute atomic E-state index is 0.314. The summed E-state index contributed by atoms with van der Waals surface area (Å²) in [6, 6.07) is 7.89. The van der Waals surface area contributed by atoms with Crippen molar-refractivity contribution >= 4 is 11.4 Å². The summed E-state index contributed by atoms with van der Waals surface area (Å²) in [4.78, 5) is 14.0. The van der Waals surface area contributed by atoms with Crippen LogP contribution in [0.15, 0.2) is 42.7 Å². The van der Waals surface area contributed by atoms with E-state index in [9.17, 15) is 15.2 Å². The maximum atomic E-state index is 10.7. The van der Waals surface area contributed by atoms with Crippen LogP contribution in [0.1, 0.15) is 5.56 Å². The van der Waals surface area contributed by atoms with Crippen LogP contribution in [0.4, 0.5) is 11.4 Å². The topological polar surface area (TPSA) is 88.3 Å². The van der Waals surface area contributed by atoms with Crippen LogP contribution in [0, 0.1) is 10.1 Å². The number of anilines is 1. The van der Waals surface area contributed by atoms with E-state index >= 15 is 0 Å². The van der Waals surface area contributed by atoms with Crippen LogP contribution in [0.3, 0.4) is 0 Å². The SMILES string of the molecule is O=[N+]([O-])c1cc(NCc2cccnc2)ccc1O. The molecule has 0 unspecified atom stereocenters. The Bertz CT molecular complexity index is 558. The molecule has 1 aromatic heterocycles. The van der Waals surface area contributed by atoms with Gasteiger partial charge in [0.2, 0.25) is 0 Å². The van der Waals surface area contributed by atoms with Crippen LogP contribution in [0.2, 0.25) is 0 Å². The van der Waals surface area contributed by atoms with E-state index in [4.69, 9.17) is 0 Å². The molecule has 0 fully saturated rings. The number of pyridine rings is 1. The second-order valence-electron chi connectivity index (χ2n) is 3.68. The Morgan fingerprint density at radius 3 is 2.89 bits per heavy atom. The number of rotatable bonds is 4. The van der Waals surface area contributed by atoms with Gasteiger partial charge in [-0.2, -0.15) is 0 Å². The van der Waals surface area contributed by atoms with E-state index < -0.39 is 4.92 Å². The van der Waals surface area contributed by atoms with Gasteiger partial charge in [0.1, 0.15) is 0 Å². The number of phenols is 1. The molecule has 92 valence electrons. The lowest BCUT2D eigenvalue weighted by molar-refractivity contribution is -0.385. The molecule has 6 nitrogen and oxygen atoms in total. The van der Waals surface area contributed by atoms with E-state index in [1.165, 1.54) is 12.1 Å². The number of phenolic OH excluding ortho intramolecular Hbond substituents is 1. The molecule has 0 aliphatic rings. The normalized spacial score (nSPS) is 10.0. The van der Waals surface area contributed by atoms with Gasteiger partial charge in [0.25, 0.3) is 0 Å². The van der Waals surface area contributed by atoms with Crippen molar-refractivity contribution in [1.82, 2.24) is 4.98 Å². The molecule has 2 aromatic rings. The predicted molar refractivity (Wildman–Crippen MR) is 66.3 cm³/mol. The first-order chi connectivity index (χ1) is 8.66. The average Bonchev–Trinajstić information content (AvgIpc) is 2.38. The third-order valence-electron chi connectivity index (χ3n) is 2.39. The summed E-state index contributed by atoms with van der Waals surface area (Å²) in [7, 11) is 0. The fraction of sp³-hybridized carbons (Fsp3) is 0.0833. The highest BCUT2D eigenvalue weighted by molar-refractivity contribution is 5.57. The second-order valence-corrected chi connectivity index (χ2v) is 3.68. The molecule has 0 aliphatic carbocycles. The first kappa shape index (κ1) is 11.8. The van der Waals surface area contributed by atoms with Gasteiger partial charge >= 0.3 is 5.69 Å². The maximum absolute atomic E-state index is 10.7. The van der Waals surface area contributed by atoms with Crippen LogP contribution in [-0.4, -0.2) is 15.0 Å². The summed E-state index contributed by atoms with van der Waals surface area (Å²) in [6.07, 6.45) is 3.39. The van der Waals surface area contributed by atoms with Gasteiger partial charge in [0, 0.05) is 30.7 Å². The Morgan fingerprint density at radius 2 is 2.22 bits per heavy atom. The fourth-order valence-corrected chi connectivity index (χ4v) is 1.49. The number of nitrogens with zero attached hydrogens (tertiary/aromatic N) is 2. The van der Waals surface area contributed by atoms with Gasteiger partial charge in [-0.15, -0.1) is 0 Å². The van der Waals surface area contributed by atoms with Crippen molar-refractivity contribution in [3.8, 4) is 5.75 Å². The van der Waals surface area contributed by atoms with E-state index in [0.717, 1.165) is 5.56 Å². The van der Waals surface area contributed by atoms with Crippen molar-refractivity contribution in [2.45, 2.75) is 6.54 Å². The Kier molecular flexibility index (Phi) is 3.38. The van der Waals surface area contributed by atoms with Crippen LogP contribution in [0.5, 0.6) is 5.75 Å². The van der Waals surface area contributed by atoms with Crippen molar-refractivity contribution in [2.75, 3.05) is 5.32 Å². The lowest BCUT2D eigenvalue weighted by Crippen LogP contribution is -2.00. The molecule has 0 amide bonds. The Morgan fingerprint density at radius 1 is 1.39 bits per heavy atom. The van der Waals surface area contributed by atoms with Crippen LogP contribution >= 0.6 is 0 Å². The van der Waals surface area contributed by atoms with E-state index in [2.05, 4.69) is 10.3 Å². The number of hydrogen-bond donors (Lipinski definition) is 2. The van der Waals surface area contributed by atoms with E-state index in [1.807, 2.05) is 12.1 Å². The summed E-state index contributed by atoms with van der Waals surface area (Å²) in [5.41, 5.74) is 1.22. The molecule has 0 saturated carbocycles. The van der Waals surface area contributed by atoms with E-state index in [0.29, 0.717) is 12.2 Å². The van der Waals surface area contributed by atoms with Gasteiger partial charge in [-0.3, -0.25) is 15.1 Å². The largest absolute Gasteiger partial charge is 0.502 e. The second kappa shape index (κ2) is 5.13.